The van der Waals surface area contributed by atoms with Gasteiger partial charge in [-0.2, -0.15) is 0 Å². The first kappa shape index (κ1) is 44.9. The molecule has 0 aliphatic carbocycles. The molecule has 2 atom stereocenters. The molecule has 0 aliphatic heterocycles. The second kappa shape index (κ2) is 32.4. The van der Waals surface area contributed by atoms with Gasteiger partial charge in [0.05, 0.1) is 6.54 Å². The van der Waals surface area contributed by atoms with E-state index in [1.54, 1.807) is 0 Å². The molecule has 0 saturated heterocycles. The first-order valence-electron chi connectivity index (χ1n) is 19.1. The highest BCUT2D eigenvalue weighted by Crippen LogP contribution is 2.18. The van der Waals surface area contributed by atoms with Gasteiger partial charge in [0.1, 0.15) is 11.6 Å². The lowest BCUT2D eigenvalue weighted by Gasteiger charge is -2.29. The molecule has 0 radical (unpaired) electrons. The number of carbonyl (C=O) groups excluding carboxylic acids is 4. The monoisotopic (exact) mass is 664 g/mol. The lowest BCUT2D eigenvalue weighted by Crippen LogP contribution is -2.48. The minimum atomic E-state index is -0.427. The molecular formula is C38H73N5O4. The summed E-state index contributed by atoms with van der Waals surface area (Å²) in [6, 6.07) is -0.326. The molecule has 9 nitrogen and oxygen atoms in total. The van der Waals surface area contributed by atoms with Gasteiger partial charge in [-0.25, -0.2) is 0 Å². The van der Waals surface area contributed by atoms with Gasteiger partial charge in [-0.3, -0.25) is 19.2 Å². The zero-order valence-electron chi connectivity index (χ0n) is 30.4. The third-order valence-corrected chi connectivity index (χ3v) is 8.72. The van der Waals surface area contributed by atoms with Crippen molar-refractivity contribution in [3.8, 4) is 0 Å². The Morgan fingerprint density at radius 1 is 0.660 bits per heavy atom. The van der Waals surface area contributed by atoms with Gasteiger partial charge in [-0.15, -0.1) is 0 Å². The molecule has 0 aromatic rings. The predicted molar refractivity (Wildman–Crippen MR) is 196 cm³/mol. The van der Waals surface area contributed by atoms with Gasteiger partial charge in [0, 0.05) is 37.8 Å². The Labute approximate surface area is 288 Å². The van der Waals surface area contributed by atoms with Crippen molar-refractivity contribution in [3.63, 3.8) is 0 Å². The van der Waals surface area contributed by atoms with E-state index in [4.69, 9.17) is 17.2 Å². The fourth-order valence-corrected chi connectivity index (χ4v) is 5.89. The third-order valence-electron chi connectivity index (χ3n) is 8.72. The van der Waals surface area contributed by atoms with Gasteiger partial charge in [-0.05, 0) is 90.8 Å². The van der Waals surface area contributed by atoms with Gasteiger partial charge in [0.2, 0.25) is 11.8 Å². The van der Waals surface area contributed by atoms with Crippen LogP contribution in [0.5, 0.6) is 0 Å². The molecule has 0 spiro atoms. The lowest BCUT2D eigenvalue weighted by molar-refractivity contribution is -0.136. The van der Waals surface area contributed by atoms with E-state index in [0.29, 0.717) is 45.3 Å². The van der Waals surface area contributed by atoms with Crippen LogP contribution in [0.15, 0.2) is 12.2 Å². The van der Waals surface area contributed by atoms with E-state index in [0.717, 1.165) is 51.4 Å². The first-order valence-corrected chi connectivity index (χ1v) is 19.1. The van der Waals surface area contributed by atoms with E-state index in [2.05, 4.69) is 24.4 Å². The number of nitrogens with two attached hydrogens (primary N) is 3. The number of nitrogens with zero attached hydrogens (tertiary/aromatic N) is 1. The fourth-order valence-electron chi connectivity index (χ4n) is 5.89. The molecule has 0 aromatic carbocycles. The highest BCUT2D eigenvalue weighted by Gasteiger charge is 2.26. The van der Waals surface area contributed by atoms with Crippen LogP contribution in [0.2, 0.25) is 0 Å². The van der Waals surface area contributed by atoms with E-state index >= 15 is 0 Å². The van der Waals surface area contributed by atoms with Crippen molar-refractivity contribution in [1.29, 1.82) is 0 Å². The van der Waals surface area contributed by atoms with Crippen LogP contribution in [-0.2, 0) is 19.2 Å². The maximum absolute atomic E-state index is 13.6. The summed E-state index contributed by atoms with van der Waals surface area (Å²) >= 11 is 0. The maximum Gasteiger partial charge on any atom is 0.223 e. The molecule has 0 aliphatic rings. The molecular weight excluding hydrogens is 590 g/mol. The summed E-state index contributed by atoms with van der Waals surface area (Å²) < 4.78 is 0. The molecule has 7 N–H and O–H groups in total. The lowest BCUT2D eigenvalue weighted by atomic mass is 9.92. The van der Waals surface area contributed by atoms with Crippen LogP contribution in [0.25, 0.3) is 0 Å². The van der Waals surface area contributed by atoms with Crippen LogP contribution in [-0.4, -0.2) is 67.0 Å². The normalized spacial score (nSPS) is 12.7. The Kier molecular flexibility index (Phi) is 31.0. The van der Waals surface area contributed by atoms with E-state index in [1.807, 2.05) is 0 Å². The number of Topliss-reactive ketones (excluding diaryl/α,β-unsaturated/α-hetero) is 2. The largest absolute Gasteiger partial charge is 0.351 e. The Hall–Kier alpha value is -2.10. The van der Waals surface area contributed by atoms with Crippen molar-refractivity contribution in [2.24, 2.45) is 23.1 Å². The van der Waals surface area contributed by atoms with Crippen molar-refractivity contribution in [1.82, 2.24) is 10.2 Å². The highest BCUT2D eigenvalue weighted by molar-refractivity contribution is 5.87. The van der Waals surface area contributed by atoms with Crippen molar-refractivity contribution in [3.05, 3.63) is 12.2 Å². The number of hydrogen-bond donors (Lipinski definition) is 4. The van der Waals surface area contributed by atoms with Crippen LogP contribution in [0.3, 0.4) is 0 Å². The van der Waals surface area contributed by atoms with Gasteiger partial charge in [0.25, 0.3) is 0 Å². The van der Waals surface area contributed by atoms with Crippen molar-refractivity contribution in [2.75, 3.05) is 32.7 Å². The smallest absolute Gasteiger partial charge is 0.223 e. The molecule has 9 heteroatoms. The van der Waals surface area contributed by atoms with Gasteiger partial charge in [0.15, 0.2) is 0 Å². The van der Waals surface area contributed by atoms with Crippen LogP contribution in [0, 0.1) is 5.92 Å². The second-order valence-corrected chi connectivity index (χ2v) is 13.4. The minimum absolute atomic E-state index is 0.00103. The summed E-state index contributed by atoms with van der Waals surface area (Å²) in [5, 5.41) is 3.15. The Balaban J connectivity index is 4.82. The molecule has 0 aromatic heterocycles. The Bertz CT molecular complexity index is 835. The fraction of sp³-hybridized carbons (Fsp3) is 0.842. The zero-order chi connectivity index (χ0) is 35.0. The van der Waals surface area contributed by atoms with Gasteiger partial charge >= 0.3 is 0 Å². The molecule has 0 heterocycles. The summed E-state index contributed by atoms with van der Waals surface area (Å²) in [6.07, 6.45) is 26.4. The number of ketones is 2. The first-order chi connectivity index (χ1) is 22.8. The van der Waals surface area contributed by atoms with Crippen LogP contribution >= 0.6 is 0 Å². The average molecular weight is 664 g/mol. The third kappa shape index (κ3) is 27.5. The molecule has 274 valence electrons. The Morgan fingerprint density at radius 3 is 1.79 bits per heavy atom. The van der Waals surface area contributed by atoms with Crippen LogP contribution < -0.4 is 22.5 Å². The van der Waals surface area contributed by atoms with E-state index in [-0.39, 0.29) is 55.4 Å². The SMILES string of the molecule is CCCCCCCC/C=C\CCCCCCCC(=O)C[C@@H](CCCCN)C(=O)N[C@@H](CCCCN)CN(CC(C)=O)C(=O)CCCN. The number of allylic oxidation sites excluding steroid dienone is 2. The second-order valence-electron chi connectivity index (χ2n) is 13.4. The van der Waals surface area contributed by atoms with E-state index < -0.39 is 5.92 Å². The standard InChI is InChI=1S/C38H73N5O4/c1-3-4-5-6-7-8-9-10-11-12-13-14-15-16-17-25-36(45)30-34(23-18-20-27-39)38(47)42-35(24-19-21-28-40)32-43(31-33(2)44)37(46)26-22-29-41/h10-11,34-35H,3-9,12-32,39-41H2,1-2H3,(H,42,47)/b11-10-/t34-,35+/m1/s1. The quantitative estimate of drug-likeness (QED) is 0.0451. The summed E-state index contributed by atoms with van der Waals surface area (Å²) in [6.45, 7) is 5.44. The van der Waals surface area contributed by atoms with Crippen molar-refractivity contribution in [2.45, 2.75) is 168 Å². The molecule has 0 fully saturated rings. The number of carbonyl (C=O) groups is 4. The van der Waals surface area contributed by atoms with E-state index in [1.165, 1.54) is 69.6 Å². The molecule has 0 rings (SSSR count). The van der Waals surface area contributed by atoms with Crippen LogP contribution in [0.1, 0.15) is 162 Å². The zero-order valence-corrected chi connectivity index (χ0v) is 30.4. The van der Waals surface area contributed by atoms with E-state index in [9.17, 15) is 19.2 Å². The molecule has 0 unspecified atom stereocenters. The summed E-state index contributed by atoms with van der Waals surface area (Å²) in [7, 11) is 0. The van der Waals surface area contributed by atoms with Gasteiger partial charge < -0.3 is 27.4 Å². The van der Waals surface area contributed by atoms with Crippen molar-refractivity contribution >= 4 is 23.4 Å². The molecule has 47 heavy (non-hydrogen) atoms. The number of unbranched alkanes of at least 4 members (excludes halogenated alkanes) is 13. The van der Waals surface area contributed by atoms with Crippen molar-refractivity contribution < 1.29 is 19.2 Å². The minimum Gasteiger partial charge on any atom is -0.351 e. The number of nitrogens with one attached hydrogen (secondary N) is 1. The number of hydrogen-bond acceptors (Lipinski definition) is 7. The average Bonchev–Trinajstić information content (AvgIpc) is 3.04. The summed E-state index contributed by atoms with van der Waals surface area (Å²) in [5.74, 6) is -0.707. The topological polar surface area (TPSA) is 162 Å². The molecule has 0 saturated carbocycles. The summed E-state index contributed by atoms with van der Waals surface area (Å²) in [4.78, 5) is 52.9. The molecule has 2 amide bonds. The van der Waals surface area contributed by atoms with Crippen LogP contribution in [0.4, 0.5) is 0 Å². The maximum atomic E-state index is 13.6. The predicted octanol–water partition coefficient (Wildman–Crippen LogP) is 6.50. The number of rotatable bonds is 34. The summed E-state index contributed by atoms with van der Waals surface area (Å²) in [5.41, 5.74) is 17.0. The number of amides is 2. The van der Waals surface area contributed by atoms with Gasteiger partial charge in [-0.1, -0.05) is 83.3 Å². The Morgan fingerprint density at radius 2 is 1.21 bits per heavy atom. The molecule has 0 bridgehead atoms. The highest BCUT2D eigenvalue weighted by atomic mass is 16.2.